The highest BCUT2D eigenvalue weighted by molar-refractivity contribution is 5.96. The van der Waals surface area contributed by atoms with Crippen molar-refractivity contribution in [1.29, 1.82) is 0 Å². The first-order valence-electron chi connectivity index (χ1n) is 6.73. The Morgan fingerprint density at radius 1 is 1.43 bits per heavy atom. The van der Waals surface area contributed by atoms with Gasteiger partial charge in [-0.3, -0.25) is 9.48 Å². The summed E-state index contributed by atoms with van der Waals surface area (Å²) in [6.07, 6.45) is 1.10. The largest absolute Gasteiger partial charge is 0.444 e. The molecule has 8 nitrogen and oxygen atoms in total. The van der Waals surface area contributed by atoms with Crippen molar-refractivity contribution in [1.82, 2.24) is 14.7 Å². The molecule has 2 rings (SSSR count). The summed E-state index contributed by atoms with van der Waals surface area (Å²) in [4.78, 5) is 25.3. The first kappa shape index (κ1) is 15.1. The van der Waals surface area contributed by atoms with Crippen LogP contribution in [0.2, 0.25) is 0 Å². The molecule has 1 aliphatic heterocycles. The number of nitrogens with zero attached hydrogens (tertiary/aromatic N) is 3. The number of anilines is 2. The number of nitrogens with two attached hydrogens (primary N) is 1. The first-order chi connectivity index (χ1) is 9.67. The fourth-order valence-electron chi connectivity index (χ4n) is 1.90. The highest BCUT2D eigenvalue weighted by atomic mass is 16.6. The van der Waals surface area contributed by atoms with Gasteiger partial charge in [-0.2, -0.15) is 5.10 Å². The fourth-order valence-corrected chi connectivity index (χ4v) is 1.90. The minimum Gasteiger partial charge on any atom is -0.444 e. The zero-order valence-electron chi connectivity index (χ0n) is 12.7. The third-order valence-corrected chi connectivity index (χ3v) is 3.15. The molecule has 1 saturated heterocycles. The van der Waals surface area contributed by atoms with Crippen molar-refractivity contribution in [2.24, 2.45) is 13.0 Å². The molecule has 3 N–H and O–H groups in total. The van der Waals surface area contributed by atoms with Gasteiger partial charge < -0.3 is 20.7 Å². The summed E-state index contributed by atoms with van der Waals surface area (Å²) in [6, 6.07) is 0. The Kier molecular flexibility index (Phi) is 3.80. The molecule has 0 atom stereocenters. The van der Waals surface area contributed by atoms with Crippen LogP contribution in [-0.4, -0.2) is 45.4 Å². The second kappa shape index (κ2) is 5.27. The molecule has 0 radical (unpaired) electrons. The third kappa shape index (κ3) is 3.45. The van der Waals surface area contributed by atoms with Crippen molar-refractivity contribution >= 4 is 23.5 Å². The van der Waals surface area contributed by atoms with Gasteiger partial charge >= 0.3 is 6.09 Å². The number of likely N-dealkylation sites (tertiary alicyclic amines) is 1. The highest BCUT2D eigenvalue weighted by Crippen LogP contribution is 2.22. The topological polar surface area (TPSA) is 102 Å². The average molecular weight is 295 g/mol. The summed E-state index contributed by atoms with van der Waals surface area (Å²) in [5.41, 5.74) is 5.71. The molecule has 8 heteroatoms. The number of rotatable bonds is 2. The normalized spacial score (nSPS) is 15.5. The van der Waals surface area contributed by atoms with E-state index in [2.05, 4.69) is 10.4 Å². The monoisotopic (exact) mass is 295 g/mol. The maximum atomic E-state index is 12.0. The van der Waals surface area contributed by atoms with E-state index in [4.69, 9.17) is 10.5 Å². The van der Waals surface area contributed by atoms with Gasteiger partial charge in [0.2, 0.25) is 5.91 Å². The Hall–Kier alpha value is -2.25. The van der Waals surface area contributed by atoms with Crippen LogP contribution in [0.4, 0.5) is 16.3 Å². The molecule has 1 fully saturated rings. The van der Waals surface area contributed by atoms with Crippen LogP contribution in [0.1, 0.15) is 20.8 Å². The minimum absolute atomic E-state index is 0.172. The van der Waals surface area contributed by atoms with Gasteiger partial charge in [-0.25, -0.2) is 4.79 Å². The molecular weight excluding hydrogens is 274 g/mol. The van der Waals surface area contributed by atoms with Crippen LogP contribution in [0.3, 0.4) is 0 Å². The van der Waals surface area contributed by atoms with E-state index in [-0.39, 0.29) is 11.8 Å². The van der Waals surface area contributed by atoms with E-state index in [1.54, 1.807) is 27.8 Å². The van der Waals surface area contributed by atoms with E-state index in [9.17, 15) is 9.59 Å². The molecule has 0 aliphatic carbocycles. The lowest BCUT2D eigenvalue weighted by molar-refractivity contribution is -0.124. The van der Waals surface area contributed by atoms with Crippen LogP contribution in [-0.2, 0) is 16.6 Å². The number of carbonyl (C=O) groups is 2. The van der Waals surface area contributed by atoms with Gasteiger partial charge in [-0.05, 0) is 20.8 Å². The van der Waals surface area contributed by atoms with Gasteiger partial charge in [-0.15, -0.1) is 0 Å². The van der Waals surface area contributed by atoms with Gasteiger partial charge in [-0.1, -0.05) is 0 Å². The Bertz CT molecular complexity index is 555. The second-order valence-electron chi connectivity index (χ2n) is 6.14. The van der Waals surface area contributed by atoms with Crippen molar-refractivity contribution in [3.05, 3.63) is 6.20 Å². The predicted molar refractivity (Wildman–Crippen MR) is 77.5 cm³/mol. The maximum Gasteiger partial charge on any atom is 0.410 e. The fraction of sp³-hybridized carbons (Fsp3) is 0.615. The van der Waals surface area contributed by atoms with Crippen molar-refractivity contribution in [2.45, 2.75) is 26.4 Å². The van der Waals surface area contributed by atoms with Crippen LogP contribution in [0.15, 0.2) is 6.20 Å². The summed E-state index contributed by atoms with van der Waals surface area (Å²) in [7, 11) is 1.69. The Morgan fingerprint density at radius 3 is 2.52 bits per heavy atom. The predicted octanol–water partition coefficient (Wildman–Crippen LogP) is 0.808. The Morgan fingerprint density at radius 2 is 2.05 bits per heavy atom. The van der Waals surface area contributed by atoms with E-state index in [0.29, 0.717) is 24.6 Å². The van der Waals surface area contributed by atoms with Gasteiger partial charge in [0.25, 0.3) is 0 Å². The number of hydrogen-bond acceptors (Lipinski definition) is 5. The molecule has 1 aromatic heterocycles. The van der Waals surface area contributed by atoms with Crippen LogP contribution in [0, 0.1) is 5.92 Å². The lowest BCUT2D eigenvalue weighted by Crippen LogP contribution is -2.55. The molecular formula is C13H21N5O3. The van der Waals surface area contributed by atoms with Crippen molar-refractivity contribution in [3.8, 4) is 0 Å². The standard InChI is InChI=1S/C13H21N5O3/c1-13(2,3)21-12(20)18-6-8(7-18)11(19)16-9-5-15-17(4)10(9)14/h5,8H,6-7,14H2,1-4H3,(H,16,19). The number of nitrogens with one attached hydrogen (secondary N) is 1. The SMILES string of the molecule is Cn1ncc(NC(=O)C2CN(C(=O)OC(C)(C)C)C2)c1N. The number of amides is 2. The van der Waals surface area contributed by atoms with E-state index in [0.717, 1.165) is 0 Å². The molecule has 1 aliphatic rings. The lowest BCUT2D eigenvalue weighted by atomic mass is 10.00. The molecule has 21 heavy (non-hydrogen) atoms. The highest BCUT2D eigenvalue weighted by Gasteiger charge is 2.38. The lowest BCUT2D eigenvalue weighted by Gasteiger charge is -2.38. The van der Waals surface area contributed by atoms with Gasteiger partial charge in [0.1, 0.15) is 17.1 Å². The Labute approximate surface area is 123 Å². The summed E-state index contributed by atoms with van der Waals surface area (Å²) < 4.78 is 6.71. The zero-order chi connectivity index (χ0) is 15.8. The number of hydrogen-bond donors (Lipinski definition) is 2. The minimum atomic E-state index is -0.533. The van der Waals surface area contributed by atoms with Gasteiger partial charge in [0, 0.05) is 20.1 Å². The van der Waals surface area contributed by atoms with E-state index >= 15 is 0 Å². The molecule has 116 valence electrons. The number of aryl methyl sites for hydroxylation is 1. The molecule has 0 bridgehead atoms. The smallest absolute Gasteiger partial charge is 0.410 e. The number of nitrogen functional groups attached to an aromatic ring is 1. The van der Waals surface area contributed by atoms with Crippen molar-refractivity contribution in [2.75, 3.05) is 24.1 Å². The van der Waals surface area contributed by atoms with Crippen molar-refractivity contribution in [3.63, 3.8) is 0 Å². The number of carbonyl (C=O) groups excluding carboxylic acids is 2. The molecule has 0 aromatic carbocycles. The van der Waals surface area contributed by atoms with Crippen LogP contribution < -0.4 is 11.1 Å². The second-order valence-corrected chi connectivity index (χ2v) is 6.14. The molecule has 0 saturated carbocycles. The summed E-state index contributed by atoms with van der Waals surface area (Å²) >= 11 is 0. The first-order valence-corrected chi connectivity index (χ1v) is 6.73. The molecule has 0 spiro atoms. The number of ether oxygens (including phenoxy) is 1. The molecule has 2 amide bonds. The van der Waals surface area contributed by atoms with E-state index in [1.165, 1.54) is 15.8 Å². The van der Waals surface area contributed by atoms with Crippen LogP contribution >= 0.6 is 0 Å². The molecule has 0 unspecified atom stereocenters. The third-order valence-electron chi connectivity index (χ3n) is 3.15. The van der Waals surface area contributed by atoms with Crippen LogP contribution in [0.25, 0.3) is 0 Å². The Balaban J connectivity index is 1.83. The van der Waals surface area contributed by atoms with Gasteiger partial charge in [0.15, 0.2) is 0 Å². The van der Waals surface area contributed by atoms with Gasteiger partial charge in [0.05, 0.1) is 12.1 Å². The molecule has 2 heterocycles. The average Bonchev–Trinajstić information content (AvgIpc) is 2.56. The summed E-state index contributed by atoms with van der Waals surface area (Å²) in [5.74, 6) is -0.0293. The quantitative estimate of drug-likeness (QED) is 0.840. The van der Waals surface area contributed by atoms with Crippen molar-refractivity contribution < 1.29 is 14.3 Å². The maximum absolute atomic E-state index is 12.0. The summed E-state index contributed by atoms with van der Waals surface area (Å²) in [5, 5.41) is 6.66. The summed E-state index contributed by atoms with van der Waals surface area (Å²) in [6.45, 7) is 6.11. The van der Waals surface area contributed by atoms with E-state index in [1.807, 2.05) is 0 Å². The van der Waals surface area contributed by atoms with E-state index < -0.39 is 11.7 Å². The number of aromatic nitrogens is 2. The van der Waals surface area contributed by atoms with Crippen LogP contribution in [0.5, 0.6) is 0 Å². The zero-order valence-corrected chi connectivity index (χ0v) is 12.7. The molecule has 1 aromatic rings.